The van der Waals surface area contributed by atoms with Gasteiger partial charge in [0, 0.05) is 16.6 Å². The number of hydrogen-bond donors (Lipinski definition) is 4. The lowest BCUT2D eigenvalue weighted by Gasteiger charge is -2.38. The molecule has 0 saturated heterocycles. The van der Waals surface area contributed by atoms with Crippen LogP contribution in [0.15, 0.2) is 24.3 Å². The molecule has 0 fully saturated rings. The molecule has 0 radical (unpaired) electrons. The Morgan fingerprint density at radius 1 is 1.32 bits per heavy atom. The molecule has 1 aliphatic heterocycles. The van der Waals surface area contributed by atoms with Gasteiger partial charge in [-0.15, -0.1) is 0 Å². The first-order valence-electron chi connectivity index (χ1n) is 6.29. The van der Waals surface area contributed by atoms with Gasteiger partial charge in [-0.1, -0.05) is 18.2 Å². The number of aliphatic hydroxyl groups is 2. The number of aldehydes is 1. The molecule has 5 heteroatoms. The second-order valence-electron chi connectivity index (χ2n) is 5.01. The fourth-order valence-electron chi connectivity index (χ4n) is 2.90. The molecule has 0 bridgehead atoms. The summed E-state index contributed by atoms with van der Waals surface area (Å²) in [5.74, 6) is 0. The topological polar surface area (TPSA) is 85.4 Å². The van der Waals surface area contributed by atoms with Crippen LogP contribution in [0.5, 0.6) is 0 Å². The van der Waals surface area contributed by atoms with Gasteiger partial charge >= 0.3 is 0 Å². The number of hydrogen-bond acceptors (Lipinski definition) is 4. The largest absolute Gasteiger partial charge is 0.394 e. The molecule has 2 aromatic rings. The molecule has 0 saturated carbocycles. The van der Waals surface area contributed by atoms with Crippen molar-refractivity contribution >= 4 is 17.2 Å². The summed E-state index contributed by atoms with van der Waals surface area (Å²) in [6.07, 6.45) is 1.38. The lowest BCUT2D eigenvalue weighted by Crippen LogP contribution is -2.57. The Morgan fingerprint density at radius 3 is 2.74 bits per heavy atom. The summed E-state index contributed by atoms with van der Waals surface area (Å²) in [4.78, 5) is 14.4. The molecule has 100 valence electrons. The summed E-state index contributed by atoms with van der Waals surface area (Å²) in [6.45, 7) is -0.540. The second kappa shape index (κ2) is 4.45. The molecule has 19 heavy (non-hydrogen) atoms. The predicted molar refractivity (Wildman–Crippen MR) is 70.8 cm³/mol. The molecular formula is C14H16N2O3. The van der Waals surface area contributed by atoms with E-state index in [0.717, 1.165) is 28.4 Å². The number of H-pyrrole nitrogens is 1. The van der Waals surface area contributed by atoms with Gasteiger partial charge in [-0.25, -0.2) is 0 Å². The van der Waals surface area contributed by atoms with Crippen LogP contribution >= 0.6 is 0 Å². The van der Waals surface area contributed by atoms with Gasteiger partial charge in [0.25, 0.3) is 0 Å². The Labute approximate surface area is 110 Å². The fourth-order valence-corrected chi connectivity index (χ4v) is 2.90. The van der Waals surface area contributed by atoms with Crippen LogP contribution in [-0.2, 0) is 16.8 Å². The van der Waals surface area contributed by atoms with E-state index in [9.17, 15) is 15.0 Å². The van der Waals surface area contributed by atoms with Crippen molar-refractivity contribution in [3.8, 4) is 0 Å². The van der Waals surface area contributed by atoms with Crippen LogP contribution in [0, 0.1) is 0 Å². The van der Waals surface area contributed by atoms with Crippen molar-refractivity contribution in [2.24, 2.45) is 0 Å². The molecule has 1 aliphatic rings. The number of aromatic amines is 1. The Balaban J connectivity index is 2.26. The van der Waals surface area contributed by atoms with E-state index >= 15 is 0 Å². The van der Waals surface area contributed by atoms with Crippen molar-refractivity contribution in [1.29, 1.82) is 0 Å². The highest BCUT2D eigenvalue weighted by molar-refractivity contribution is 5.86. The minimum atomic E-state index is -0.988. The number of aliphatic hydroxyl groups excluding tert-OH is 2. The molecule has 4 N–H and O–H groups in total. The molecule has 1 atom stereocenters. The van der Waals surface area contributed by atoms with E-state index in [4.69, 9.17) is 0 Å². The van der Waals surface area contributed by atoms with Crippen molar-refractivity contribution in [1.82, 2.24) is 10.3 Å². The quantitative estimate of drug-likeness (QED) is 0.588. The standard InChI is InChI=1S/C14H16N2O3/c17-6-9-5-11-10-3-1-2-4-12(10)15-13(11)14(7-18,8-19)16-9/h1-4,6,9,15-16,18-19H,5,7-8H2/t9-/m0/s1. The maximum Gasteiger partial charge on any atom is 0.137 e. The first kappa shape index (κ1) is 12.3. The van der Waals surface area contributed by atoms with Crippen LogP contribution in [0.1, 0.15) is 11.3 Å². The second-order valence-corrected chi connectivity index (χ2v) is 5.01. The molecule has 3 rings (SSSR count). The summed E-state index contributed by atoms with van der Waals surface area (Å²) >= 11 is 0. The normalized spacial score (nSPS) is 21.3. The average molecular weight is 260 g/mol. The molecule has 0 unspecified atom stereocenters. The smallest absolute Gasteiger partial charge is 0.137 e. The summed E-state index contributed by atoms with van der Waals surface area (Å²) in [6, 6.07) is 7.40. The Bertz CT molecular complexity index is 616. The van der Waals surface area contributed by atoms with E-state index < -0.39 is 11.6 Å². The van der Waals surface area contributed by atoms with E-state index in [1.54, 1.807) is 0 Å². The first-order chi connectivity index (χ1) is 9.24. The van der Waals surface area contributed by atoms with Gasteiger partial charge in [-0.05, 0) is 18.1 Å². The third-order valence-electron chi connectivity index (χ3n) is 3.88. The Morgan fingerprint density at radius 2 is 2.05 bits per heavy atom. The first-order valence-corrected chi connectivity index (χ1v) is 6.29. The number of carbonyl (C=O) groups excluding carboxylic acids is 1. The molecule has 0 spiro atoms. The third-order valence-corrected chi connectivity index (χ3v) is 3.88. The highest BCUT2D eigenvalue weighted by Gasteiger charge is 2.41. The minimum absolute atomic E-state index is 0.270. The SMILES string of the molecule is O=C[C@@H]1Cc2c([nH]c3ccccc23)C(CO)(CO)N1. The van der Waals surface area contributed by atoms with Crippen molar-refractivity contribution in [3.05, 3.63) is 35.5 Å². The van der Waals surface area contributed by atoms with Crippen molar-refractivity contribution in [2.45, 2.75) is 18.0 Å². The zero-order valence-electron chi connectivity index (χ0n) is 10.4. The number of fused-ring (bicyclic) bond motifs is 3. The van der Waals surface area contributed by atoms with Crippen LogP contribution in [0.4, 0.5) is 0 Å². The maximum atomic E-state index is 11.1. The van der Waals surface area contributed by atoms with Gasteiger partial charge in [0.1, 0.15) is 11.8 Å². The van der Waals surface area contributed by atoms with E-state index in [1.807, 2.05) is 24.3 Å². The zero-order valence-corrected chi connectivity index (χ0v) is 10.4. The Kier molecular flexibility index (Phi) is 2.89. The molecule has 0 amide bonds. The number of para-hydroxylation sites is 1. The summed E-state index contributed by atoms with van der Waals surface area (Å²) < 4.78 is 0. The minimum Gasteiger partial charge on any atom is -0.394 e. The van der Waals surface area contributed by atoms with E-state index in [0.29, 0.717) is 6.42 Å². The van der Waals surface area contributed by atoms with Crippen LogP contribution < -0.4 is 5.32 Å². The number of rotatable bonds is 3. The van der Waals surface area contributed by atoms with Crippen molar-refractivity contribution in [2.75, 3.05) is 13.2 Å². The van der Waals surface area contributed by atoms with Crippen molar-refractivity contribution in [3.63, 3.8) is 0 Å². The van der Waals surface area contributed by atoms with Gasteiger partial charge in [0.15, 0.2) is 0 Å². The summed E-state index contributed by atoms with van der Waals surface area (Å²) in [7, 11) is 0. The number of nitrogens with one attached hydrogen (secondary N) is 2. The summed E-state index contributed by atoms with van der Waals surface area (Å²) in [5, 5.41) is 23.4. The molecular weight excluding hydrogens is 244 g/mol. The average Bonchev–Trinajstić information content (AvgIpc) is 2.85. The van der Waals surface area contributed by atoms with Gasteiger partial charge in [-0.2, -0.15) is 0 Å². The number of carbonyl (C=O) groups is 1. The zero-order chi connectivity index (χ0) is 13.5. The van der Waals surface area contributed by atoms with Gasteiger partial charge < -0.3 is 20.0 Å². The molecule has 1 aromatic heterocycles. The summed E-state index contributed by atoms with van der Waals surface area (Å²) in [5.41, 5.74) is 1.73. The predicted octanol–water partition coefficient (Wildman–Crippen LogP) is 0.0610. The van der Waals surface area contributed by atoms with Gasteiger partial charge in [0.05, 0.1) is 19.3 Å². The van der Waals surface area contributed by atoms with E-state index in [-0.39, 0.29) is 13.2 Å². The van der Waals surface area contributed by atoms with Crippen LogP contribution in [0.2, 0.25) is 0 Å². The fraction of sp³-hybridized carbons (Fsp3) is 0.357. The van der Waals surface area contributed by atoms with Gasteiger partial charge in [0.2, 0.25) is 0 Å². The Hall–Kier alpha value is -1.69. The maximum absolute atomic E-state index is 11.1. The van der Waals surface area contributed by atoms with Crippen LogP contribution in [0.3, 0.4) is 0 Å². The molecule has 1 aromatic carbocycles. The molecule has 2 heterocycles. The van der Waals surface area contributed by atoms with Crippen molar-refractivity contribution < 1.29 is 15.0 Å². The van der Waals surface area contributed by atoms with E-state index in [2.05, 4.69) is 10.3 Å². The molecule has 5 nitrogen and oxygen atoms in total. The van der Waals surface area contributed by atoms with Crippen LogP contribution in [-0.4, -0.2) is 40.7 Å². The highest BCUT2D eigenvalue weighted by Crippen LogP contribution is 2.34. The number of benzene rings is 1. The lowest BCUT2D eigenvalue weighted by atomic mass is 9.85. The highest BCUT2D eigenvalue weighted by atomic mass is 16.3. The lowest BCUT2D eigenvalue weighted by molar-refractivity contribution is -0.110. The van der Waals surface area contributed by atoms with Crippen LogP contribution in [0.25, 0.3) is 10.9 Å². The third kappa shape index (κ3) is 1.70. The molecule has 0 aliphatic carbocycles. The van der Waals surface area contributed by atoms with E-state index in [1.165, 1.54) is 0 Å². The monoisotopic (exact) mass is 260 g/mol. The van der Waals surface area contributed by atoms with Gasteiger partial charge in [-0.3, -0.25) is 5.32 Å². The number of aromatic nitrogens is 1.